The first-order chi connectivity index (χ1) is 14.0. The molecule has 1 saturated carbocycles. The van der Waals surface area contributed by atoms with Crippen LogP contribution in [0.3, 0.4) is 0 Å². The van der Waals surface area contributed by atoms with Gasteiger partial charge in [-0.05, 0) is 36.5 Å². The van der Waals surface area contributed by atoms with E-state index in [2.05, 4.69) is 29.4 Å². The minimum Gasteiger partial charge on any atom is -0.490 e. The molecular weight excluding hydrogens is 388 g/mol. The second-order valence-corrected chi connectivity index (χ2v) is 8.95. The average Bonchev–Trinajstić information content (AvgIpc) is 3.50. The zero-order valence-corrected chi connectivity index (χ0v) is 18.0. The Labute approximate surface area is 175 Å². The number of rotatable bonds is 7. The summed E-state index contributed by atoms with van der Waals surface area (Å²) in [5.41, 5.74) is 1.03. The fourth-order valence-electron chi connectivity index (χ4n) is 3.50. The van der Waals surface area contributed by atoms with Crippen LogP contribution in [0.25, 0.3) is 0 Å². The van der Waals surface area contributed by atoms with Crippen molar-refractivity contribution in [3.8, 4) is 11.5 Å². The molecule has 0 radical (unpaired) electrons. The van der Waals surface area contributed by atoms with Crippen molar-refractivity contribution in [2.75, 3.05) is 19.0 Å². The van der Waals surface area contributed by atoms with Crippen LogP contribution in [0.2, 0.25) is 0 Å². The maximum absolute atomic E-state index is 12.7. The van der Waals surface area contributed by atoms with Crippen molar-refractivity contribution in [1.82, 2.24) is 20.1 Å². The SMILES string of the molecule is CC(C)[C@H](NC(=O)CSc1nnc(C2CC2)n1C)c1ccc2c(c1)OCCCO2. The summed E-state index contributed by atoms with van der Waals surface area (Å²) in [5.74, 6) is 3.62. The lowest BCUT2D eigenvalue weighted by Gasteiger charge is -2.24. The van der Waals surface area contributed by atoms with E-state index in [9.17, 15) is 4.79 Å². The molecule has 2 aromatic rings. The monoisotopic (exact) mass is 416 g/mol. The number of hydrogen-bond donors (Lipinski definition) is 1. The molecule has 1 aliphatic carbocycles. The predicted octanol–water partition coefficient (Wildman–Crippen LogP) is 3.46. The molecule has 1 aromatic carbocycles. The predicted molar refractivity (Wildman–Crippen MR) is 111 cm³/mol. The summed E-state index contributed by atoms with van der Waals surface area (Å²) in [6.07, 6.45) is 3.24. The molecule has 2 aliphatic rings. The quantitative estimate of drug-likeness (QED) is 0.697. The Kier molecular flexibility index (Phi) is 5.99. The normalized spacial score (nSPS) is 17.1. The molecule has 156 valence electrons. The fraction of sp³-hybridized carbons (Fsp3) is 0.571. The number of amides is 1. The van der Waals surface area contributed by atoms with Gasteiger partial charge in [-0.3, -0.25) is 4.79 Å². The van der Waals surface area contributed by atoms with Gasteiger partial charge >= 0.3 is 0 Å². The van der Waals surface area contributed by atoms with Crippen LogP contribution >= 0.6 is 11.8 Å². The minimum atomic E-state index is -0.0956. The number of carbonyl (C=O) groups is 1. The first-order valence-corrected chi connectivity index (χ1v) is 11.2. The van der Waals surface area contributed by atoms with Crippen LogP contribution in [0.4, 0.5) is 0 Å². The van der Waals surface area contributed by atoms with Crippen LogP contribution < -0.4 is 14.8 Å². The van der Waals surface area contributed by atoms with Gasteiger partial charge < -0.3 is 19.4 Å². The lowest BCUT2D eigenvalue weighted by molar-refractivity contribution is -0.119. The number of benzene rings is 1. The molecule has 1 aromatic heterocycles. The fourth-order valence-corrected chi connectivity index (χ4v) is 4.23. The molecule has 8 heteroatoms. The van der Waals surface area contributed by atoms with Crippen LogP contribution in [0, 0.1) is 5.92 Å². The number of fused-ring (bicyclic) bond motifs is 1. The van der Waals surface area contributed by atoms with Crippen molar-refractivity contribution in [3.63, 3.8) is 0 Å². The number of thioether (sulfide) groups is 1. The van der Waals surface area contributed by atoms with E-state index in [1.165, 1.54) is 24.6 Å². The molecule has 1 fully saturated rings. The highest BCUT2D eigenvalue weighted by Gasteiger charge is 2.29. The Morgan fingerprint density at radius 3 is 2.72 bits per heavy atom. The summed E-state index contributed by atoms with van der Waals surface area (Å²) in [6, 6.07) is 5.84. The number of nitrogens with zero attached hydrogens (tertiary/aromatic N) is 3. The third-order valence-electron chi connectivity index (χ3n) is 5.26. The molecular formula is C21H28N4O3S. The van der Waals surface area contributed by atoms with E-state index < -0.39 is 0 Å². The summed E-state index contributed by atoms with van der Waals surface area (Å²) in [4.78, 5) is 12.7. The number of carbonyl (C=O) groups excluding carboxylic acids is 1. The van der Waals surface area contributed by atoms with Gasteiger partial charge in [0.15, 0.2) is 16.7 Å². The summed E-state index contributed by atoms with van der Waals surface area (Å²) in [5, 5.41) is 12.5. The maximum atomic E-state index is 12.7. The molecule has 29 heavy (non-hydrogen) atoms. The zero-order valence-electron chi connectivity index (χ0n) is 17.2. The average molecular weight is 417 g/mol. The second kappa shape index (κ2) is 8.65. The molecule has 0 spiro atoms. The first-order valence-electron chi connectivity index (χ1n) is 10.2. The molecule has 1 N–H and O–H groups in total. The third kappa shape index (κ3) is 4.69. The van der Waals surface area contributed by atoms with Gasteiger partial charge in [-0.15, -0.1) is 10.2 Å². The molecule has 4 rings (SSSR count). The van der Waals surface area contributed by atoms with Gasteiger partial charge in [0, 0.05) is 19.4 Å². The van der Waals surface area contributed by atoms with Crippen molar-refractivity contribution in [2.24, 2.45) is 13.0 Å². The molecule has 0 unspecified atom stereocenters. The van der Waals surface area contributed by atoms with E-state index in [1.54, 1.807) is 0 Å². The third-order valence-corrected chi connectivity index (χ3v) is 6.28. The molecule has 1 aliphatic heterocycles. The van der Waals surface area contributed by atoms with Crippen molar-refractivity contribution < 1.29 is 14.3 Å². The molecule has 1 atom stereocenters. The Balaban J connectivity index is 1.40. The Hall–Kier alpha value is -2.22. The van der Waals surface area contributed by atoms with Crippen LogP contribution in [0.1, 0.15) is 56.5 Å². The minimum absolute atomic E-state index is 0.0169. The van der Waals surface area contributed by atoms with Crippen molar-refractivity contribution in [2.45, 2.75) is 50.2 Å². The Bertz CT molecular complexity index is 879. The smallest absolute Gasteiger partial charge is 0.230 e. The first kappa shape index (κ1) is 20.1. The van der Waals surface area contributed by atoms with E-state index in [-0.39, 0.29) is 17.9 Å². The highest BCUT2D eigenvalue weighted by Crippen LogP contribution is 2.39. The molecule has 0 bridgehead atoms. The van der Waals surface area contributed by atoms with E-state index in [4.69, 9.17) is 9.47 Å². The van der Waals surface area contributed by atoms with Crippen molar-refractivity contribution >= 4 is 17.7 Å². The molecule has 1 amide bonds. The lowest BCUT2D eigenvalue weighted by atomic mass is 9.95. The Morgan fingerprint density at radius 1 is 1.24 bits per heavy atom. The summed E-state index contributed by atoms with van der Waals surface area (Å²) < 4.78 is 13.5. The lowest BCUT2D eigenvalue weighted by Crippen LogP contribution is -2.33. The Morgan fingerprint density at radius 2 is 2.00 bits per heavy atom. The number of aromatic nitrogens is 3. The van der Waals surface area contributed by atoms with Gasteiger partial charge in [-0.2, -0.15) is 0 Å². The molecule has 2 heterocycles. The number of nitrogens with one attached hydrogen (secondary N) is 1. The topological polar surface area (TPSA) is 78.3 Å². The number of hydrogen-bond acceptors (Lipinski definition) is 6. The molecule has 0 saturated heterocycles. The maximum Gasteiger partial charge on any atom is 0.230 e. The van der Waals surface area contributed by atoms with E-state index in [1.807, 2.05) is 29.8 Å². The van der Waals surface area contributed by atoms with Crippen LogP contribution in [-0.4, -0.2) is 39.6 Å². The summed E-state index contributed by atoms with van der Waals surface area (Å²) >= 11 is 1.43. The van der Waals surface area contributed by atoms with E-state index >= 15 is 0 Å². The standard InChI is InChI=1S/C21H28N4O3S/c1-13(2)19(15-7-8-16-17(11-15)28-10-4-9-27-16)22-18(26)12-29-21-24-23-20(25(21)3)14-5-6-14/h7-8,11,13-14,19H,4-6,9-10,12H2,1-3H3,(H,22,26)/t19-/m0/s1. The van der Waals surface area contributed by atoms with Gasteiger partial charge in [0.1, 0.15) is 5.82 Å². The van der Waals surface area contributed by atoms with Crippen LogP contribution in [0.15, 0.2) is 23.4 Å². The molecule has 7 nitrogen and oxygen atoms in total. The van der Waals surface area contributed by atoms with Crippen LogP contribution in [-0.2, 0) is 11.8 Å². The highest BCUT2D eigenvalue weighted by atomic mass is 32.2. The van der Waals surface area contributed by atoms with E-state index in [0.717, 1.165) is 34.5 Å². The van der Waals surface area contributed by atoms with Crippen molar-refractivity contribution in [3.05, 3.63) is 29.6 Å². The van der Waals surface area contributed by atoms with Gasteiger partial charge in [0.25, 0.3) is 0 Å². The van der Waals surface area contributed by atoms with Gasteiger partial charge in [0.2, 0.25) is 5.91 Å². The zero-order chi connectivity index (χ0) is 20.4. The van der Waals surface area contributed by atoms with Crippen molar-refractivity contribution in [1.29, 1.82) is 0 Å². The highest BCUT2D eigenvalue weighted by molar-refractivity contribution is 7.99. The summed E-state index contributed by atoms with van der Waals surface area (Å²) in [6.45, 7) is 5.52. The van der Waals surface area contributed by atoms with E-state index in [0.29, 0.717) is 24.9 Å². The van der Waals surface area contributed by atoms with Gasteiger partial charge in [-0.25, -0.2) is 0 Å². The van der Waals surface area contributed by atoms with Crippen LogP contribution in [0.5, 0.6) is 11.5 Å². The van der Waals surface area contributed by atoms with Gasteiger partial charge in [0.05, 0.1) is 25.0 Å². The van der Waals surface area contributed by atoms with Gasteiger partial charge in [-0.1, -0.05) is 31.7 Å². The largest absolute Gasteiger partial charge is 0.490 e. The number of ether oxygens (including phenoxy) is 2. The second-order valence-electron chi connectivity index (χ2n) is 8.01. The summed E-state index contributed by atoms with van der Waals surface area (Å²) in [7, 11) is 1.97.